The van der Waals surface area contributed by atoms with Gasteiger partial charge in [-0.25, -0.2) is 0 Å². The van der Waals surface area contributed by atoms with E-state index in [-0.39, 0.29) is 6.61 Å². The molecule has 0 aliphatic heterocycles. The highest BCUT2D eigenvalue weighted by Gasteiger charge is 2.28. The Kier molecular flexibility index (Phi) is 3.81. The number of hydrogen-bond donors (Lipinski definition) is 1. The quantitative estimate of drug-likeness (QED) is 0.882. The highest BCUT2D eigenvalue weighted by molar-refractivity contribution is 6.32. The summed E-state index contributed by atoms with van der Waals surface area (Å²) >= 11 is 5.97. The normalized spacial score (nSPS) is 11.2. The molecule has 3 nitrogen and oxygen atoms in total. The first-order chi connectivity index (χ1) is 7.33. The first kappa shape index (κ1) is 12.8. The van der Waals surface area contributed by atoms with Crippen LogP contribution in [0.5, 0.6) is 5.75 Å². The van der Waals surface area contributed by atoms with Crippen molar-refractivity contribution in [2.24, 2.45) is 5.41 Å². The second-order valence-electron chi connectivity index (χ2n) is 4.41. The summed E-state index contributed by atoms with van der Waals surface area (Å²) in [6.45, 7) is 5.23. The first-order valence-electron chi connectivity index (χ1n) is 4.95. The van der Waals surface area contributed by atoms with Gasteiger partial charge in [0.05, 0.1) is 10.4 Å². The van der Waals surface area contributed by atoms with E-state index in [4.69, 9.17) is 21.4 Å². The van der Waals surface area contributed by atoms with Crippen LogP contribution in [0.3, 0.4) is 0 Å². The third-order valence-electron chi connectivity index (χ3n) is 2.25. The van der Waals surface area contributed by atoms with Crippen molar-refractivity contribution in [3.8, 4) is 5.75 Å². The fourth-order valence-electron chi connectivity index (χ4n) is 1.04. The number of halogens is 1. The molecule has 0 atom stereocenters. The molecular weight excluding hydrogens is 228 g/mol. The summed E-state index contributed by atoms with van der Waals surface area (Å²) in [4.78, 5) is 10.9. The predicted octanol–water partition coefficient (Wildman–Crippen LogP) is 3.14. The van der Waals surface area contributed by atoms with E-state index >= 15 is 0 Å². The molecule has 0 radical (unpaired) electrons. The lowest BCUT2D eigenvalue weighted by molar-refractivity contribution is -0.148. The molecule has 1 aromatic carbocycles. The van der Waals surface area contributed by atoms with Crippen molar-refractivity contribution in [2.75, 3.05) is 6.61 Å². The maximum absolute atomic E-state index is 10.9. The Bertz CT molecular complexity index is 399. The van der Waals surface area contributed by atoms with Crippen molar-refractivity contribution in [3.63, 3.8) is 0 Å². The third kappa shape index (κ3) is 3.14. The number of carbonyl (C=O) groups is 1. The van der Waals surface area contributed by atoms with E-state index in [0.717, 1.165) is 5.56 Å². The van der Waals surface area contributed by atoms with Crippen molar-refractivity contribution >= 4 is 17.6 Å². The van der Waals surface area contributed by atoms with Crippen LogP contribution in [0.4, 0.5) is 0 Å². The van der Waals surface area contributed by atoms with Gasteiger partial charge in [0.25, 0.3) is 0 Å². The summed E-state index contributed by atoms with van der Waals surface area (Å²) < 4.78 is 5.41. The Morgan fingerprint density at radius 1 is 1.50 bits per heavy atom. The first-order valence-corrected chi connectivity index (χ1v) is 5.33. The van der Waals surface area contributed by atoms with Crippen LogP contribution in [0.15, 0.2) is 18.2 Å². The van der Waals surface area contributed by atoms with E-state index in [0.29, 0.717) is 10.8 Å². The van der Waals surface area contributed by atoms with Gasteiger partial charge in [-0.3, -0.25) is 4.79 Å². The van der Waals surface area contributed by atoms with E-state index in [1.807, 2.05) is 13.0 Å². The number of carboxylic acids is 1. The summed E-state index contributed by atoms with van der Waals surface area (Å²) in [6.07, 6.45) is 0. The number of ether oxygens (including phenoxy) is 1. The second kappa shape index (κ2) is 4.74. The number of benzene rings is 1. The van der Waals surface area contributed by atoms with Gasteiger partial charge < -0.3 is 9.84 Å². The highest BCUT2D eigenvalue weighted by Crippen LogP contribution is 2.27. The topological polar surface area (TPSA) is 46.5 Å². The molecule has 1 N–H and O–H groups in total. The molecule has 16 heavy (non-hydrogen) atoms. The van der Waals surface area contributed by atoms with E-state index in [1.54, 1.807) is 26.0 Å². The van der Waals surface area contributed by atoms with E-state index in [1.165, 1.54) is 0 Å². The third-order valence-corrected chi connectivity index (χ3v) is 2.55. The minimum Gasteiger partial charge on any atom is -0.491 e. The number of hydrogen-bond acceptors (Lipinski definition) is 2. The Morgan fingerprint density at radius 2 is 2.12 bits per heavy atom. The Hall–Kier alpha value is -1.22. The van der Waals surface area contributed by atoms with Gasteiger partial charge in [-0.1, -0.05) is 17.7 Å². The molecule has 0 fully saturated rings. The zero-order chi connectivity index (χ0) is 12.3. The van der Waals surface area contributed by atoms with Crippen LogP contribution in [-0.4, -0.2) is 17.7 Å². The van der Waals surface area contributed by atoms with Crippen molar-refractivity contribution in [3.05, 3.63) is 28.8 Å². The fraction of sp³-hybridized carbons (Fsp3) is 0.417. The second-order valence-corrected chi connectivity index (χ2v) is 4.82. The van der Waals surface area contributed by atoms with Gasteiger partial charge in [0.15, 0.2) is 0 Å². The van der Waals surface area contributed by atoms with Crippen molar-refractivity contribution in [2.45, 2.75) is 20.8 Å². The largest absolute Gasteiger partial charge is 0.491 e. The van der Waals surface area contributed by atoms with E-state index in [2.05, 4.69) is 0 Å². The minimum atomic E-state index is -0.922. The molecule has 0 saturated heterocycles. The van der Waals surface area contributed by atoms with Gasteiger partial charge in [0.1, 0.15) is 12.4 Å². The Balaban J connectivity index is 2.72. The Labute approximate surface area is 100.0 Å². The molecule has 0 aromatic heterocycles. The number of rotatable bonds is 4. The van der Waals surface area contributed by atoms with Crippen LogP contribution in [0.1, 0.15) is 19.4 Å². The average Bonchev–Trinajstić information content (AvgIpc) is 2.16. The van der Waals surface area contributed by atoms with Gasteiger partial charge in [-0.05, 0) is 38.5 Å². The van der Waals surface area contributed by atoms with Crippen LogP contribution in [0, 0.1) is 12.3 Å². The molecule has 0 amide bonds. The monoisotopic (exact) mass is 242 g/mol. The molecule has 0 unspecified atom stereocenters. The smallest absolute Gasteiger partial charge is 0.312 e. The van der Waals surface area contributed by atoms with Gasteiger partial charge in [-0.2, -0.15) is 0 Å². The summed E-state index contributed by atoms with van der Waals surface area (Å²) in [5, 5.41) is 9.42. The van der Waals surface area contributed by atoms with E-state index < -0.39 is 11.4 Å². The highest BCUT2D eigenvalue weighted by atomic mass is 35.5. The maximum atomic E-state index is 10.9. The van der Waals surface area contributed by atoms with E-state index in [9.17, 15) is 4.79 Å². The molecule has 0 bridgehead atoms. The van der Waals surface area contributed by atoms with Crippen molar-refractivity contribution in [1.29, 1.82) is 0 Å². The minimum absolute atomic E-state index is 0.0884. The standard InChI is InChI=1S/C12H15ClO3/c1-8-4-5-10(9(13)6-8)16-7-12(2,3)11(14)15/h4-6H,7H2,1-3H3,(H,14,15). The number of carboxylic acid groups (broad SMARTS) is 1. The summed E-state index contributed by atoms with van der Waals surface area (Å²) in [7, 11) is 0. The fourth-order valence-corrected chi connectivity index (χ4v) is 1.33. The van der Waals surface area contributed by atoms with Crippen molar-refractivity contribution < 1.29 is 14.6 Å². The molecule has 0 heterocycles. The summed E-state index contributed by atoms with van der Waals surface area (Å²) in [6, 6.07) is 5.40. The Morgan fingerprint density at radius 3 is 2.62 bits per heavy atom. The SMILES string of the molecule is Cc1ccc(OCC(C)(C)C(=O)O)c(Cl)c1. The molecule has 1 rings (SSSR count). The zero-order valence-electron chi connectivity index (χ0n) is 9.58. The molecule has 0 aliphatic carbocycles. The molecule has 0 aliphatic rings. The van der Waals surface area contributed by atoms with Crippen LogP contribution in [0.25, 0.3) is 0 Å². The predicted molar refractivity (Wildman–Crippen MR) is 63.1 cm³/mol. The van der Waals surface area contributed by atoms with Gasteiger partial charge in [-0.15, -0.1) is 0 Å². The molecule has 4 heteroatoms. The lowest BCUT2D eigenvalue weighted by Crippen LogP contribution is -2.30. The van der Waals surface area contributed by atoms with Crippen LogP contribution in [-0.2, 0) is 4.79 Å². The molecule has 0 saturated carbocycles. The summed E-state index contributed by atoms with van der Waals surface area (Å²) in [5.41, 5.74) is 0.114. The van der Waals surface area contributed by atoms with Gasteiger partial charge in [0, 0.05) is 0 Å². The van der Waals surface area contributed by atoms with Gasteiger partial charge in [0.2, 0.25) is 0 Å². The number of aryl methyl sites for hydroxylation is 1. The summed E-state index contributed by atoms with van der Waals surface area (Å²) in [5.74, 6) is -0.377. The van der Waals surface area contributed by atoms with Crippen LogP contribution >= 0.6 is 11.6 Å². The zero-order valence-corrected chi connectivity index (χ0v) is 10.3. The average molecular weight is 243 g/mol. The van der Waals surface area contributed by atoms with Crippen LogP contribution < -0.4 is 4.74 Å². The lowest BCUT2D eigenvalue weighted by atomic mass is 9.95. The molecule has 0 spiro atoms. The van der Waals surface area contributed by atoms with Crippen LogP contribution in [0.2, 0.25) is 5.02 Å². The maximum Gasteiger partial charge on any atom is 0.312 e. The molecular formula is C12H15ClO3. The number of aliphatic carboxylic acids is 1. The molecule has 1 aromatic rings. The van der Waals surface area contributed by atoms with Crippen molar-refractivity contribution in [1.82, 2.24) is 0 Å². The van der Waals surface area contributed by atoms with Gasteiger partial charge >= 0.3 is 5.97 Å². The molecule has 88 valence electrons. The lowest BCUT2D eigenvalue weighted by Gasteiger charge is -2.20.